The molecule has 0 amide bonds. The summed E-state index contributed by atoms with van der Waals surface area (Å²) in [5.41, 5.74) is 3.16. The average molecular weight is 389 g/mol. The zero-order valence-electron chi connectivity index (χ0n) is 14.3. The number of fused-ring (bicyclic) bond motifs is 2. The number of benzene rings is 3. The second kappa shape index (κ2) is 6.98. The molecule has 0 bridgehead atoms. The maximum absolute atomic E-state index is 4.71. The molecule has 0 atom stereocenters. The topological polar surface area (TPSA) is 49.8 Å². The minimum Gasteiger partial charge on any atom is -0.338 e. The Balaban J connectivity index is 1.48. The first-order valence-corrected chi connectivity index (χ1v) is 10.3. The Morgan fingerprint density at radius 3 is 1.59 bits per heavy atom. The molecule has 0 saturated carbocycles. The highest BCUT2D eigenvalue weighted by Crippen LogP contribution is 2.32. The maximum Gasteiger partial charge on any atom is 0.185 e. The lowest BCUT2D eigenvalue weighted by molar-refractivity contribution is 0.898. The molecule has 6 heteroatoms. The van der Waals surface area contributed by atoms with Gasteiger partial charge in [-0.2, -0.15) is 0 Å². The molecule has 5 rings (SSSR count). The van der Waals surface area contributed by atoms with Crippen LogP contribution in [0.15, 0.2) is 78.9 Å². The van der Waals surface area contributed by atoms with Crippen molar-refractivity contribution in [2.24, 2.45) is 0 Å². The van der Waals surface area contributed by atoms with E-state index in [-0.39, 0.29) is 6.17 Å². The predicted octanol–water partition coefficient (Wildman–Crippen LogP) is 6.13. The normalized spacial score (nSPS) is 11.3. The highest BCUT2D eigenvalue weighted by molar-refractivity contribution is 7.22. The molecule has 0 unspecified atom stereocenters. The van der Waals surface area contributed by atoms with Crippen LogP contribution in [0.25, 0.3) is 20.4 Å². The Labute approximate surface area is 164 Å². The first-order chi connectivity index (χ1) is 13.3. The standard InChI is InChI=1S/C21H16N4S2/c1-2-8-14(9-3-1)19(24-20-22-15-10-4-6-12-17(15)26-20)25-21-23-16-11-5-7-13-18(16)27-21/h1-13,19H,(H,22,24)(H,23,25). The molecule has 132 valence electrons. The Hall–Kier alpha value is -2.96. The summed E-state index contributed by atoms with van der Waals surface area (Å²) in [5.74, 6) is 0. The number of anilines is 2. The number of aromatic nitrogens is 2. The van der Waals surface area contributed by atoms with Crippen molar-refractivity contribution in [3.05, 3.63) is 84.4 Å². The lowest BCUT2D eigenvalue weighted by atomic mass is 10.2. The van der Waals surface area contributed by atoms with Crippen LogP contribution in [-0.4, -0.2) is 9.97 Å². The molecule has 0 aliphatic carbocycles. The molecule has 5 aromatic rings. The van der Waals surface area contributed by atoms with Gasteiger partial charge >= 0.3 is 0 Å². The molecule has 0 radical (unpaired) electrons. The van der Waals surface area contributed by atoms with E-state index in [0.717, 1.165) is 26.9 Å². The molecule has 0 fully saturated rings. The largest absolute Gasteiger partial charge is 0.338 e. The van der Waals surface area contributed by atoms with Gasteiger partial charge in [0.15, 0.2) is 10.3 Å². The summed E-state index contributed by atoms with van der Waals surface area (Å²) in [5, 5.41) is 8.86. The van der Waals surface area contributed by atoms with Crippen LogP contribution in [0.4, 0.5) is 10.3 Å². The fourth-order valence-corrected chi connectivity index (χ4v) is 4.75. The van der Waals surface area contributed by atoms with Gasteiger partial charge in [-0.3, -0.25) is 0 Å². The van der Waals surface area contributed by atoms with Crippen molar-refractivity contribution in [3.8, 4) is 0 Å². The monoisotopic (exact) mass is 388 g/mol. The van der Waals surface area contributed by atoms with Crippen LogP contribution in [0.1, 0.15) is 11.7 Å². The summed E-state index contributed by atoms with van der Waals surface area (Å²) < 4.78 is 2.35. The molecule has 0 aliphatic rings. The number of hydrogen-bond donors (Lipinski definition) is 2. The Morgan fingerprint density at radius 1 is 0.593 bits per heavy atom. The maximum atomic E-state index is 4.71. The first kappa shape index (κ1) is 16.2. The van der Waals surface area contributed by atoms with Crippen molar-refractivity contribution in [3.63, 3.8) is 0 Å². The molecule has 2 N–H and O–H groups in total. The lowest BCUT2D eigenvalue weighted by Crippen LogP contribution is -2.19. The zero-order chi connectivity index (χ0) is 18.1. The van der Waals surface area contributed by atoms with Crippen LogP contribution in [0.5, 0.6) is 0 Å². The van der Waals surface area contributed by atoms with E-state index in [0.29, 0.717) is 0 Å². The number of para-hydroxylation sites is 2. The van der Waals surface area contributed by atoms with Crippen LogP contribution in [-0.2, 0) is 0 Å². The van der Waals surface area contributed by atoms with Gasteiger partial charge in [-0.1, -0.05) is 77.3 Å². The quantitative estimate of drug-likeness (QED) is 0.356. The van der Waals surface area contributed by atoms with Gasteiger partial charge in [0.05, 0.1) is 20.4 Å². The average Bonchev–Trinajstić information content (AvgIpc) is 3.30. The SMILES string of the molecule is c1ccc(C(Nc2nc3ccccc3s2)Nc2nc3ccccc3s2)cc1. The summed E-state index contributed by atoms with van der Waals surface area (Å²) in [4.78, 5) is 9.43. The van der Waals surface area contributed by atoms with E-state index in [1.54, 1.807) is 22.7 Å². The highest BCUT2D eigenvalue weighted by atomic mass is 32.1. The minimum atomic E-state index is -0.118. The van der Waals surface area contributed by atoms with Crippen molar-refractivity contribution in [2.45, 2.75) is 6.17 Å². The van der Waals surface area contributed by atoms with E-state index in [1.807, 2.05) is 54.6 Å². The molecule has 2 heterocycles. The van der Waals surface area contributed by atoms with Gasteiger partial charge in [-0.15, -0.1) is 0 Å². The van der Waals surface area contributed by atoms with Gasteiger partial charge in [0.2, 0.25) is 0 Å². The number of nitrogens with one attached hydrogen (secondary N) is 2. The molecule has 27 heavy (non-hydrogen) atoms. The lowest BCUT2D eigenvalue weighted by Gasteiger charge is -2.19. The smallest absolute Gasteiger partial charge is 0.185 e. The third-order valence-corrected chi connectivity index (χ3v) is 6.19. The first-order valence-electron chi connectivity index (χ1n) is 8.64. The second-order valence-corrected chi connectivity index (χ2v) is 8.17. The molecule has 0 aliphatic heterocycles. The van der Waals surface area contributed by atoms with Gasteiger partial charge in [-0.05, 0) is 29.8 Å². The van der Waals surface area contributed by atoms with Crippen molar-refractivity contribution in [2.75, 3.05) is 10.6 Å². The third kappa shape index (κ3) is 3.37. The number of nitrogens with zero attached hydrogens (tertiary/aromatic N) is 2. The molecule has 0 spiro atoms. The van der Waals surface area contributed by atoms with Crippen molar-refractivity contribution in [1.29, 1.82) is 0 Å². The zero-order valence-corrected chi connectivity index (χ0v) is 15.9. The fraction of sp³-hybridized carbons (Fsp3) is 0.0476. The van der Waals surface area contributed by atoms with Crippen molar-refractivity contribution >= 4 is 53.4 Å². The number of hydrogen-bond acceptors (Lipinski definition) is 6. The van der Waals surface area contributed by atoms with Gasteiger partial charge in [0.1, 0.15) is 6.17 Å². The van der Waals surface area contributed by atoms with Crippen LogP contribution in [0.2, 0.25) is 0 Å². The van der Waals surface area contributed by atoms with E-state index in [1.165, 1.54) is 9.40 Å². The van der Waals surface area contributed by atoms with Gasteiger partial charge in [0.25, 0.3) is 0 Å². The van der Waals surface area contributed by atoms with Crippen LogP contribution >= 0.6 is 22.7 Å². The van der Waals surface area contributed by atoms with E-state index in [4.69, 9.17) is 9.97 Å². The molecular formula is C21H16N4S2. The van der Waals surface area contributed by atoms with Crippen molar-refractivity contribution < 1.29 is 0 Å². The van der Waals surface area contributed by atoms with E-state index in [9.17, 15) is 0 Å². The fourth-order valence-electron chi connectivity index (χ4n) is 2.96. The van der Waals surface area contributed by atoms with E-state index < -0.39 is 0 Å². The summed E-state index contributed by atoms with van der Waals surface area (Å²) >= 11 is 3.31. The Kier molecular flexibility index (Phi) is 4.20. The highest BCUT2D eigenvalue weighted by Gasteiger charge is 2.15. The van der Waals surface area contributed by atoms with E-state index in [2.05, 4.69) is 34.9 Å². The molecule has 4 nitrogen and oxygen atoms in total. The summed E-state index contributed by atoms with van der Waals surface area (Å²) in [6, 6.07) is 26.7. The number of thiazole rings is 2. The molecule has 3 aromatic carbocycles. The summed E-state index contributed by atoms with van der Waals surface area (Å²) in [6.07, 6.45) is -0.118. The van der Waals surface area contributed by atoms with Gasteiger partial charge in [-0.25, -0.2) is 9.97 Å². The minimum absolute atomic E-state index is 0.118. The van der Waals surface area contributed by atoms with E-state index >= 15 is 0 Å². The van der Waals surface area contributed by atoms with Crippen LogP contribution in [0.3, 0.4) is 0 Å². The van der Waals surface area contributed by atoms with Gasteiger partial charge in [0, 0.05) is 0 Å². The second-order valence-electron chi connectivity index (χ2n) is 6.11. The van der Waals surface area contributed by atoms with Crippen LogP contribution in [0, 0.1) is 0 Å². The van der Waals surface area contributed by atoms with Crippen LogP contribution < -0.4 is 10.6 Å². The third-order valence-electron chi connectivity index (χ3n) is 4.26. The Bertz CT molecular complexity index is 1050. The Morgan fingerprint density at radius 2 is 1.07 bits per heavy atom. The predicted molar refractivity (Wildman–Crippen MR) is 116 cm³/mol. The molecule has 2 aromatic heterocycles. The molecular weight excluding hydrogens is 372 g/mol. The number of rotatable bonds is 5. The molecule has 0 saturated heterocycles. The summed E-state index contributed by atoms with van der Waals surface area (Å²) in [7, 11) is 0. The van der Waals surface area contributed by atoms with Gasteiger partial charge < -0.3 is 10.6 Å². The van der Waals surface area contributed by atoms with Crippen molar-refractivity contribution in [1.82, 2.24) is 9.97 Å². The summed E-state index contributed by atoms with van der Waals surface area (Å²) in [6.45, 7) is 0.